The van der Waals surface area contributed by atoms with Crippen molar-refractivity contribution in [2.45, 2.75) is 13.3 Å². The standard InChI is InChI=1S/C17H29N3O4.HI/c1-6-24-10-9-20-17(18-2)19-8-7-14-15(22-4)11-13(21-3)12-16(14)23-5;/h11-12H,6-10H2,1-5H3,(H2,18,19,20);1H. The van der Waals surface area contributed by atoms with Crippen LogP contribution in [0.1, 0.15) is 12.5 Å². The molecule has 0 bridgehead atoms. The zero-order valence-electron chi connectivity index (χ0n) is 15.7. The van der Waals surface area contributed by atoms with E-state index in [1.54, 1.807) is 28.4 Å². The van der Waals surface area contributed by atoms with Crippen molar-refractivity contribution in [2.24, 2.45) is 4.99 Å². The Kier molecular flexibility index (Phi) is 13.0. The average molecular weight is 467 g/mol. The van der Waals surface area contributed by atoms with Crippen LogP contribution >= 0.6 is 24.0 Å². The lowest BCUT2D eigenvalue weighted by Gasteiger charge is -2.16. The Morgan fingerprint density at radius 2 is 1.60 bits per heavy atom. The van der Waals surface area contributed by atoms with Gasteiger partial charge in [0.1, 0.15) is 17.2 Å². The van der Waals surface area contributed by atoms with Crippen LogP contribution in [0.2, 0.25) is 0 Å². The number of hydrogen-bond donors (Lipinski definition) is 2. The lowest BCUT2D eigenvalue weighted by molar-refractivity contribution is 0.152. The Labute approximate surface area is 167 Å². The smallest absolute Gasteiger partial charge is 0.191 e. The summed E-state index contributed by atoms with van der Waals surface area (Å²) in [6.07, 6.45) is 0.725. The van der Waals surface area contributed by atoms with Crippen molar-refractivity contribution >= 4 is 29.9 Å². The molecule has 144 valence electrons. The van der Waals surface area contributed by atoms with E-state index in [-0.39, 0.29) is 24.0 Å². The molecular formula is C17H30IN3O4. The molecule has 1 rings (SSSR count). The number of methoxy groups -OCH3 is 3. The van der Waals surface area contributed by atoms with Gasteiger partial charge in [0, 0.05) is 44.4 Å². The molecule has 0 saturated carbocycles. The Morgan fingerprint density at radius 1 is 1.00 bits per heavy atom. The second kappa shape index (κ2) is 13.8. The summed E-state index contributed by atoms with van der Waals surface area (Å²) in [5.41, 5.74) is 0.984. The van der Waals surface area contributed by atoms with Gasteiger partial charge in [-0.2, -0.15) is 0 Å². The molecule has 25 heavy (non-hydrogen) atoms. The van der Waals surface area contributed by atoms with Gasteiger partial charge in [-0.3, -0.25) is 4.99 Å². The SMILES string of the molecule is CCOCCNC(=NC)NCCc1c(OC)cc(OC)cc1OC.I. The summed E-state index contributed by atoms with van der Waals surface area (Å²) >= 11 is 0. The van der Waals surface area contributed by atoms with Gasteiger partial charge in [0.2, 0.25) is 0 Å². The van der Waals surface area contributed by atoms with Crippen LogP contribution in [0.15, 0.2) is 17.1 Å². The largest absolute Gasteiger partial charge is 0.496 e. The topological polar surface area (TPSA) is 73.3 Å². The maximum atomic E-state index is 5.46. The molecule has 0 aliphatic rings. The van der Waals surface area contributed by atoms with Crippen molar-refractivity contribution < 1.29 is 18.9 Å². The highest BCUT2D eigenvalue weighted by Gasteiger charge is 2.13. The van der Waals surface area contributed by atoms with Gasteiger partial charge in [0.05, 0.1) is 27.9 Å². The number of nitrogens with one attached hydrogen (secondary N) is 2. The number of aliphatic imine (C=N–C) groups is 1. The normalized spacial score (nSPS) is 10.7. The highest BCUT2D eigenvalue weighted by atomic mass is 127. The van der Waals surface area contributed by atoms with Crippen LogP contribution in [0.5, 0.6) is 17.2 Å². The van der Waals surface area contributed by atoms with Crippen molar-refractivity contribution in [1.82, 2.24) is 10.6 Å². The zero-order chi connectivity index (χ0) is 17.8. The molecule has 0 atom stereocenters. The van der Waals surface area contributed by atoms with Crippen molar-refractivity contribution in [3.05, 3.63) is 17.7 Å². The minimum absolute atomic E-state index is 0. The van der Waals surface area contributed by atoms with Crippen LogP contribution in [0.4, 0.5) is 0 Å². The summed E-state index contributed by atoms with van der Waals surface area (Å²) in [7, 11) is 6.64. The van der Waals surface area contributed by atoms with Crippen LogP contribution in [0, 0.1) is 0 Å². The Hall–Kier alpha value is -1.42. The Bertz CT molecular complexity index is 502. The van der Waals surface area contributed by atoms with Crippen molar-refractivity contribution in [3.63, 3.8) is 0 Å². The number of nitrogens with zero attached hydrogens (tertiary/aromatic N) is 1. The fourth-order valence-corrected chi connectivity index (χ4v) is 2.24. The maximum Gasteiger partial charge on any atom is 0.191 e. The Balaban J connectivity index is 0.00000576. The number of halogens is 1. The number of benzene rings is 1. The third-order valence-electron chi connectivity index (χ3n) is 3.45. The Morgan fingerprint density at radius 3 is 2.08 bits per heavy atom. The summed E-state index contributed by atoms with van der Waals surface area (Å²) in [6.45, 7) is 4.74. The molecule has 0 aromatic heterocycles. The fraction of sp³-hybridized carbons (Fsp3) is 0.588. The average Bonchev–Trinajstić information content (AvgIpc) is 2.63. The molecule has 0 saturated heterocycles. The molecule has 8 heteroatoms. The van der Waals surface area contributed by atoms with Crippen molar-refractivity contribution in [3.8, 4) is 17.2 Å². The highest BCUT2D eigenvalue weighted by Crippen LogP contribution is 2.34. The van der Waals surface area contributed by atoms with Gasteiger partial charge < -0.3 is 29.6 Å². The van der Waals surface area contributed by atoms with Crippen molar-refractivity contribution in [1.29, 1.82) is 0 Å². The first-order chi connectivity index (χ1) is 11.7. The third kappa shape index (κ3) is 8.00. The molecule has 0 heterocycles. The molecule has 0 unspecified atom stereocenters. The van der Waals surface area contributed by atoms with Gasteiger partial charge in [0.25, 0.3) is 0 Å². The van der Waals surface area contributed by atoms with E-state index in [0.29, 0.717) is 32.1 Å². The number of ether oxygens (including phenoxy) is 4. The van der Waals surface area contributed by atoms with Crippen LogP contribution in [-0.4, -0.2) is 60.6 Å². The first-order valence-electron chi connectivity index (χ1n) is 8.01. The molecule has 0 amide bonds. The van der Waals surface area contributed by atoms with E-state index in [1.165, 1.54) is 0 Å². The maximum absolute atomic E-state index is 5.46. The lowest BCUT2D eigenvalue weighted by Crippen LogP contribution is -2.39. The summed E-state index contributed by atoms with van der Waals surface area (Å²) in [5, 5.41) is 6.46. The van der Waals surface area contributed by atoms with Crippen LogP contribution < -0.4 is 24.8 Å². The quantitative estimate of drug-likeness (QED) is 0.238. The van der Waals surface area contributed by atoms with E-state index in [2.05, 4.69) is 15.6 Å². The number of guanidine groups is 1. The van der Waals surface area contributed by atoms with Gasteiger partial charge in [-0.15, -0.1) is 24.0 Å². The molecule has 2 N–H and O–H groups in total. The zero-order valence-corrected chi connectivity index (χ0v) is 18.0. The molecule has 1 aromatic carbocycles. The molecular weight excluding hydrogens is 437 g/mol. The van der Waals surface area contributed by atoms with Gasteiger partial charge in [0.15, 0.2) is 5.96 Å². The van der Waals surface area contributed by atoms with Crippen LogP contribution in [-0.2, 0) is 11.2 Å². The molecule has 0 aliphatic heterocycles. The van der Waals surface area contributed by atoms with Gasteiger partial charge in [-0.25, -0.2) is 0 Å². The molecule has 0 fully saturated rings. The van der Waals surface area contributed by atoms with E-state index in [0.717, 1.165) is 29.4 Å². The second-order valence-electron chi connectivity index (χ2n) is 4.88. The minimum Gasteiger partial charge on any atom is -0.496 e. The lowest BCUT2D eigenvalue weighted by atomic mass is 10.1. The van der Waals surface area contributed by atoms with Crippen molar-refractivity contribution in [2.75, 3.05) is 54.7 Å². The first-order valence-corrected chi connectivity index (χ1v) is 8.01. The monoisotopic (exact) mass is 467 g/mol. The highest BCUT2D eigenvalue weighted by molar-refractivity contribution is 14.0. The summed E-state index contributed by atoms with van der Waals surface area (Å²) < 4.78 is 21.5. The molecule has 7 nitrogen and oxygen atoms in total. The molecule has 0 spiro atoms. The second-order valence-corrected chi connectivity index (χ2v) is 4.88. The van der Waals surface area contributed by atoms with E-state index in [1.807, 2.05) is 19.1 Å². The van der Waals surface area contributed by atoms with Gasteiger partial charge in [-0.1, -0.05) is 0 Å². The van der Waals surface area contributed by atoms with Gasteiger partial charge >= 0.3 is 0 Å². The summed E-state index contributed by atoms with van der Waals surface area (Å²) in [5.74, 6) is 2.93. The predicted molar refractivity (Wildman–Crippen MR) is 111 cm³/mol. The fourth-order valence-electron chi connectivity index (χ4n) is 2.24. The summed E-state index contributed by atoms with van der Waals surface area (Å²) in [6, 6.07) is 3.71. The van der Waals surface area contributed by atoms with Crippen LogP contribution in [0.25, 0.3) is 0 Å². The number of rotatable bonds is 10. The molecule has 0 radical (unpaired) electrons. The summed E-state index contributed by atoms with van der Waals surface area (Å²) in [4.78, 5) is 4.19. The van der Waals surface area contributed by atoms with Crippen LogP contribution in [0.3, 0.4) is 0 Å². The molecule has 0 aliphatic carbocycles. The van der Waals surface area contributed by atoms with Gasteiger partial charge in [-0.05, 0) is 13.3 Å². The van der Waals surface area contributed by atoms with E-state index in [4.69, 9.17) is 18.9 Å². The number of hydrogen-bond acceptors (Lipinski definition) is 5. The van der Waals surface area contributed by atoms with E-state index >= 15 is 0 Å². The minimum atomic E-state index is 0. The van der Waals surface area contributed by atoms with E-state index < -0.39 is 0 Å². The predicted octanol–water partition coefficient (Wildman–Crippen LogP) is 2.07. The van der Waals surface area contributed by atoms with E-state index in [9.17, 15) is 0 Å². The molecule has 1 aromatic rings. The first kappa shape index (κ1) is 23.6. The third-order valence-corrected chi connectivity index (χ3v) is 3.45.